The number of H-pyrrole nitrogens is 1. The van der Waals surface area contributed by atoms with E-state index in [0.717, 1.165) is 10.9 Å². The summed E-state index contributed by atoms with van der Waals surface area (Å²) in [7, 11) is 6.30. The fraction of sp³-hybridized carbons (Fsp3) is 0.222. The van der Waals surface area contributed by atoms with Crippen LogP contribution < -0.4 is 29.8 Å². The zero-order valence-corrected chi connectivity index (χ0v) is 21.8. The number of methoxy groups -OCH3 is 4. The van der Waals surface area contributed by atoms with Crippen molar-refractivity contribution in [1.29, 1.82) is 0 Å². The maximum atomic E-state index is 13.1. The van der Waals surface area contributed by atoms with Crippen LogP contribution in [0, 0.1) is 0 Å². The van der Waals surface area contributed by atoms with Crippen LogP contribution in [-0.4, -0.2) is 48.4 Å². The molecule has 0 spiro atoms. The van der Waals surface area contributed by atoms with Crippen LogP contribution in [0.4, 0.5) is 5.69 Å². The first-order chi connectivity index (χ1) is 17.9. The van der Waals surface area contributed by atoms with Crippen molar-refractivity contribution >= 4 is 33.9 Å². The van der Waals surface area contributed by atoms with E-state index in [1.54, 1.807) is 53.0 Å². The summed E-state index contributed by atoms with van der Waals surface area (Å²) in [5.74, 6) is 2.35. The number of thiocarbonyl (C=S) groups is 1. The van der Waals surface area contributed by atoms with E-state index in [0.29, 0.717) is 51.4 Å². The van der Waals surface area contributed by atoms with E-state index < -0.39 is 0 Å². The van der Waals surface area contributed by atoms with Gasteiger partial charge in [-0.05, 0) is 48.1 Å². The maximum Gasteiger partial charge on any atom is 0.253 e. The number of hydrogen-bond acceptors (Lipinski definition) is 7. The molecule has 0 aliphatic carbocycles. The van der Waals surface area contributed by atoms with Crippen LogP contribution in [-0.2, 0) is 13.1 Å². The Hall–Kier alpha value is -4.31. The van der Waals surface area contributed by atoms with E-state index in [-0.39, 0.29) is 12.1 Å². The molecule has 0 aliphatic heterocycles. The second-order valence-electron chi connectivity index (χ2n) is 8.13. The largest absolute Gasteiger partial charge is 0.497 e. The fourth-order valence-electron chi connectivity index (χ4n) is 3.91. The number of anilines is 1. The quantitative estimate of drug-likeness (QED) is 0.312. The first-order valence-corrected chi connectivity index (χ1v) is 11.8. The van der Waals surface area contributed by atoms with Gasteiger partial charge in [-0.25, -0.2) is 0 Å². The Morgan fingerprint density at radius 3 is 2.38 bits per heavy atom. The normalized spacial score (nSPS) is 10.6. The molecule has 4 rings (SSSR count). The summed E-state index contributed by atoms with van der Waals surface area (Å²) in [6, 6.07) is 14.6. The van der Waals surface area contributed by atoms with E-state index in [1.165, 1.54) is 0 Å². The van der Waals surface area contributed by atoms with Crippen molar-refractivity contribution < 1.29 is 18.9 Å². The van der Waals surface area contributed by atoms with Crippen molar-refractivity contribution in [3.8, 4) is 23.0 Å². The molecule has 0 aliphatic rings. The molecule has 2 N–H and O–H groups in total. The van der Waals surface area contributed by atoms with Gasteiger partial charge < -0.3 is 34.1 Å². The first-order valence-electron chi connectivity index (χ1n) is 11.4. The van der Waals surface area contributed by atoms with E-state index in [4.69, 9.17) is 31.2 Å². The number of rotatable bonds is 9. The highest BCUT2D eigenvalue weighted by molar-refractivity contribution is 7.80. The average molecular weight is 521 g/mol. The minimum Gasteiger partial charge on any atom is -0.497 e. The number of fused-ring (bicyclic) bond motifs is 1. The molecule has 0 unspecified atom stereocenters. The van der Waals surface area contributed by atoms with E-state index >= 15 is 0 Å². The summed E-state index contributed by atoms with van der Waals surface area (Å²) in [5, 5.41) is 4.48. The third-order valence-corrected chi connectivity index (χ3v) is 6.18. The first kappa shape index (κ1) is 25.8. The van der Waals surface area contributed by atoms with Crippen molar-refractivity contribution in [2.75, 3.05) is 33.8 Å². The number of nitrogens with one attached hydrogen (secondary N) is 2. The highest BCUT2D eigenvalue weighted by Gasteiger charge is 2.17. The number of ether oxygens (including phenoxy) is 4. The maximum absolute atomic E-state index is 13.1. The van der Waals surface area contributed by atoms with E-state index in [2.05, 4.69) is 15.3 Å². The molecular weight excluding hydrogens is 492 g/mol. The Kier molecular flexibility index (Phi) is 8.09. The molecule has 37 heavy (non-hydrogen) atoms. The minimum atomic E-state index is -0.222. The number of aromatic nitrogens is 2. The molecule has 4 aromatic rings. The summed E-state index contributed by atoms with van der Waals surface area (Å²) in [6.45, 7) is 0.681. The highest BCUT2D eigenvalue weighted by Crippen LogP contribution is 2.32. The molecule has 0 atom stereocenters. The van der Waals surface area contributed by atoms with Gasteiger partial charge in [-0.3, -0.25) is 9.78 Å². The van der Waals surface area contributed by atoms with Crippen molar-refractivity contribution in [3.63, 3.8) is 0 Å². The van der Waals surface area contributed by atoms with Gasteiger partial charge in [0.15, 0.2) is 16.6 Å². The van der Waals surface area contributed by atoms with Gasteiger partial charge in [-0.1, -0.05) is 6.07 Å². The molecule has 0 saturated carbocycles. The molecule has 0 fully saturated rings. The summed E-state index contributed by atoms with van der Waals surface area (Å²) in [5.41, 5.74) is 2.58. The second kappa shape index (κ2) is 11.6. The fourth-order valence-corrected chi connectivity index (χ4v) is 4.15. The molecule has 0 amide bonds. The standard InChI is InChI=1S/C27H28N4O5S/c1-33-20-7-8-21(23(12-20)34-2)30-27(37)31(15-17-6-5-9-28-14-17)16-19-10-18-11-24(35-3)25(36-4)13-22(18)29-26(19)32/h5-14H,15-16H2,1-4H3,(H,29,32)(H,30,37). The van der Waals surface area contributed by atoms with Gasteiger partial charge in [0.05, 0.1) is 46.2 Å². The Bertz CT molecular complexity index is 1460. The van der Waals surface area contributed by atoms with Gasteiger partial charge in [-0.15, -0.1) is 0 Å². The van der Waals surface area contributed by atoms with Gasteiger partial charge in [0.2, 0.25) is 0 Å². The Morgan fingerprint density at radius 2 is 1.70 bits per heavy atom. The lowest BCUT2D eigenvalue weighted by molar-refractivity contribution is 0.355. The highest BCUT2D eigenvalue weighted by atomic mass is 32.1. The molecule has 2 aromatic heterocycles. The summed E-state index contributed by atoms with van der Waals surface area (Å²) in [6.07, 6.45) is 3.48. The summed E-state index contributed by atoms with van der Waals surface area (Å²) in [4.78, 5) is 22.1. The third-order valence-electron chi connectivity index (χ3n) is 5.82. The van der Waals surface area contributed by atoms with Crippen LogP contribution in [0.3, 0.4) is 0 Å². The van der Waals surface area contributed by atoms with Crippen molar-refractivity contribution in [3.05, 3.63) is 82.4 Å². The lowest BCUT2D eigenvalue weighted by atomic mass is 10.1. The number of benzene rings is 2. The lowest BCUT2D eigenvalue weighted by Gasteiger charge is -2.26. The molecule has 10 heteroatoms. The molecule has 0 radical (unpaired) electrons. The zero-order valence-electron chi connectivity index (χ0n) is 21.0. The molecule has 9 nitrogen and oxygen atoms in total. The molecule has 2 aromatic carbocycles. The number of aromatic amines is 1. The van der Waals surface area contributed by atoms with Crippen LogP contribution in [0.15, 0.2) is 65.7 Å². The molecule has 0 saturated heterocycles. The second-order valence-corrected chi connectivity index (χ2v) is 8.52. The third kappa shape index (κ3) is 5.92. The monoisotopic (exact) mass is 520 g/mol. The lowest BCUT2D eigenvalue weighted by Crippen LogP contribution is -2.35. The van der Waals surface area contributed by atoms with Gasteiger partial charge in [0, 0.05) is 42.0 Å². The Morgan fingerprint density at radius 1 is 0.946 bits per heavy atom. The van der Waals surface area contributed by atoms with Crippen LogP contribution in [0.2, 0.25) is 0 Å². The van der Waals surface area contributed by atoms with E-state index in [9.17, 15) is 4.79 Å². The van der Waals surface area contributed by atoms with Crippen LogP contribution in [0.1, 0.15) is 11.1 Å². The predicted molar refractivity (Wildman–Crippen MR) is 147 cm³/mol. The summed E-state index contributed by atoms with van der Waals surface area (Å²) >= 11 is 5.79. The predicted octanol–water partition coefficient (Wildman–Crippen LogP) is 4.36. The molecule has 0 bridgehead atoms. The van der Waals surface area contributed by atoms with Crippen molar-refractivity contribution in [2.45, 2.75) is 13.1 Å². The Labute approximate surface area is 220 Å². The van der Waals surface area contributed by atoms with Crippen molar-refractivity contribution in [1.82, 2.24) is 14.9 Å². The van der Waals surface area contributed by atoms with Gasteiger partial charge in [0.25, 0.3) is 5.56 Å². The van der Waals surface area contributed by atoms with Crippen LogP contribution in [0.5, 0.6) is 23.0 Å². The molecule has 192 valence electrons. The van der Waals surface area contributed by atoms with Gasteiger partial charge in [0.1, 0.15) is 11.5 Å². The summed E-state index contributed by atoms with van der Waals surface area (Å²) < 4.78 is 21.6. The molecule has 2 heterocycles. The van der Waals surface area contributed by atoms with Crippen LogP contribution in [0.25, 0.3) is 10.9 Å². The number of nitrogens with zero attached hydrogens (tertiary/aromatic N) is 2. The SMILES string of the molecule is COc1ccc(NC(=S)N(Cc2cccnc2)Cc2cc3cc(OC)c(OC)cc3[nH]c2=O)c(OC)c1. The number of hydrogen-bond donors (Lipinski definition) is 2. The zero-order chi connectivity index (χ0) is 26.4. The van der Waals surface area contributed by atoms with Gasteiger partial charge >= 0.3 is 0 Å². The smallest absolute Gasteiger partial charge is 0.253 e. The van der Waals surface area contributed by atoms with Crippen molar-refractivity contribution in [2.24, 2.45) is 0 Å². The minimum absolute atomic E-state index is 0.222. The van der Waals surface area contributed by atoms with Gasteiger partial charge in [-0.2, -0.15) is 0 Å². The number of pyridine rings is 2. The van der Waals surface area contributed by atoms with Crippen LogP contribution >= 0.6 is 12.2 Å². The van der Waals surface area contributed by atoms with E-state index in [1.807, 2.05) is 41.3 Å². The Balaban J connectivity index is 1.68. The topological polar surface area (TPSA) is 97.9 Å². The molecular formula is C27H28N4O5S. The average Bonchev–Trinajstić information content (AvgIpc) is 2.93.